The van der Waals surface area contributed by atoms with Crippen molar-refractivity contribution >= 4 is 11.7 Å². The van der Waals surface area contributed by atoms with E-state index in [1.807, 2.05) is 0 Å². The number of benzene rings is 2. The minimum absolute atomic E-state index is 0.114. The Labute approximate surface area is 143 Å². The van der Waals surface area contributed by atoms with Gasteiger partial charge in [0, 0.05) is 6.07 Å². The molecule has 0 aliphatic carbocycles. The van der Waals surface area contributed by atoms with E-state index >= 15 is 0 Å². The average molecular weight is 367 g/mol. The van der Waals surface area contributed by atoms with Gasteiger partial charge in [-0.1, -0.05) is 18.2 Å². The number of carbonyl (C=O) groups excluding carboxylic acids is 1. The Hall–Kier alpha value is -3.23. The zero-order valence-corrected chi connectivity index (χ0v) is 12.9. The van der Waals surface area contributed by atoms with E-state index in [9.17, 15) is 26.7 Å². The number of anilines is 1. The summed E-state index contributed by atoms with van der Waals surface area (Å²) in [6.07, 6.45) is -3.53. The van der Waals surface area contributed by atoms with Crippen LogP contribution in [-0.4, -0.2) is 15.7 Å². The van der Waals surface area contributed by atoms with Crippen LogP contribution < -0.4 is 5.32 Å². The van der Waals surface area contributed by atoms with E-state index in [-0.39, 0.29) is 11.5 Å². The number of nitrogens with zero attached hydrogens (tertiary/aromatic N) is 2. The lowest BCUT2D eigenvalue weighted by atomic mass is 10.1. The second-order valence-corrected chi connectivity index (χ2v) is 5.20. The second-order valence-electron chi connectivity index (χ2n) is 5.20. The van der Waals surface area contributed by atoms with E-state index in [2.05, 4.69) is 10.4 Å². The summed E-state index contributed by atoms with van der Waals surface area (Å²) in [5, 5.41) is 6.02. The minimum atomic E-state index is -4.72. The number of hydrogen-bond acceptors (Lipinski definition) is 2. The molecule has 0 saturated heterocycles. The number of nitrogens with one attached hydrogen (secondary N) is 1. The summed E-state index contributed by atoms with van der Waals surface area (Å²) in [6, 6.07) is 8.84. The van der Waals surface area contributed by atoms with Gasteiger partial charge in [-0.3, -0.25) is 4.79 Å². The normalized spacial score (nSPS) is 11.4. The minimum Gasteiger partial charge on any atom is -0.306 e. The fourth-order valence-corrected chi connectivity index (χ4v) is 2.36. The van der Waals surface area contributed by atoms with Gasteiger partial charge in [0.2, 0.25) is 0 Å². The van der Waals surface area contributed by atoms with E-state index in [1.54, 1.807) is 0 Å². The highest BCUT2D eigenvalue weighted by molar-refractivity contribution is 6.05. The number of alkyl halides is 3. The van der Waals surface area contributed by atoms with Crippen molar-refractivity contribution in [2.24, 2.45) is 0 Å². The van der Waals surface area contributed by atoms with Crippen LogP contribution in [0.2, 0.25) is 0 Å². The molecule has 134 valence electrons. The van der Waals surface area contributed by atoms with Crippen molar-refractivity contribution in [3.8, 4) is 5.69 Å². The summed E-state index contributed by atoms with van der Waals surface area (Å²) in [5.41, 5.74) is -2.01. The Morgan fingerprint density at radius 1 is 1.00 bits per heavy atom. The maximum atomic E-state index is 13.9. The van der Waals surface area contributed by atoms with Crippen LogP contribution in [-0.2, 0) is 6.18 Å². The predicted molar refractivity (Wildman–Crippen MR) is 82.9 cm³/mol. The third-order valence-electron chi connectivity index (χ3n) is 3.52. The van der Waals surface area contributed by atoms with Crippen molar-refractivity contribution in [3.63, 3.8) is 0 Å². The second kappa shape index (κ2) is 6.58. The zero-order chi connectivity index (χ0) is 18.9. The number of carbonyl (C=O) groups is 1. The molecule has 2 aromatic carbocycles. The Morgan fingerprint density at radius 3 is 2.46 bits per heavy atom. The molecule has 0 unspecified atom stereocenters. The molecule has 0 saturated carbocycles. The molecule has 3 aromatic rings. The summed E-state index contributed by atoms with van der Waals surface area (Å²) >= 11 is 0. The predicted octanol–water partition coefficient (Wildman–Crippen LogP) is 4.42. The van der Waals surface area contributed by atoms with Crippen LogP contribution in [0, 0.1) is 11.6 Å². The van der Waals surface area contributed by atoms with Gasteiger partial charge in [0.15, 0.2) is 11.6 Å². The maximum Gasteiger partial charge on any atom is 0.417 e. The van der Waals surface area contributed by atoms with Crippen molar-refractivity contribution in [2.45, 2.75) is 6.18 Å². The third-order valence-corrected chi connectivity index (χ3v) is 3.52. The van der Waals surface area contributed by atoms with E-state index in [0.29, 0.717) is 0 Å². The van der Waals surface area contributed by atoms with Crippen LogP contribution in [0.4, 0.5) is 27.8 Å². The molecular formula is C17H10F5N3O. The van der Waals surface area contributed by atoms with Gasteiger partial charge in [-0.2, -0.15) is 18.3 Å². The first-order valence-corrected chi connectivity index (χ1v) is 7.25. The standard InChI is InChI=1S/C17H10F5N3O/c18-12-6-3-7-13(15(12)19)25-14(8-9-23-25)24-16(26)10-4-1-2-5-11(10)17(20,21)22/h1-9H,(H,24,26). The Morgan fingerprint density at radius 2 is 1.73 bits per heavy atom. The Kier molecular flexibility index (Phi) is 4.45. The highest BCUT2D eigenvalue weighted by Crippen LogP contribution is 2.32. The monoisotopic (exact) mass is 367 g/mol. The fraction of sp³-hybridized carbons (Fsp3) is 0.0588. The molecule has 0 spiro atoms. The van der Waals surface area contributed by atoms with Crippen LogP contribution in [0.3, 0.4) is 0 Å². The Bertz CT molecular complexity index is 965. The van der Waals surface area contributed by atoms with Crippen molar-refractivity contribution in [1.29, 1.82) is 0 Å². The third kappa shape index (κ3) is 3.28. The van der Waals surface area contributed by atoms with Crippen molar-refractivity contribution in [1.82, 2.24) is 9.78 Å². The van der Waals surface area contributed by atoms with Crippen LogP contribution >= 0.6 is 0 Å². The lowest BCUT2D eigenvalue weighted by Crippen LogP contribution is -2.20. The number of aromatic nitrogens is 2. The van der Waals surface area contributed by atoms with E-state index in [1.165, 1.54) is 30.5 Å². The first kappa shape index (κ1) is 17.6. The van der Waals surface area contributed by atoms with Crippen LogP contribution in [0.15, 0.2) is 54.7 Å². The van der Waals surface area contributed by atoms with Crippen molar-refractivity contribution in [2.75, 3.05) is 5.32 Å². The fourth-order valence-electron chi connectivity index (χ4n) is 2.36. The molecule has 0 fully saturated rings. The van der Waals surface area contributed by atoms with Crippen LogP contribution in [0.1, 0.15) is 15.9 Å². The van der Waals surface area contributed by atoms with E-state index in [0.717, 1.165) is 28.9 Å². The number of rotatable bonds is 3. The largest absolute Gasteiger partial charge is 0.417 e. The molecular weight excluding hydrogens is 357 g/mol. The molecule has 0 radical (unpaired) electrons. The molecule has 1 amide bonds. The van der Waals surface area contributed by atoms with Gasteiger partial charge in [0.1, 0.15) is 11.5 Å². The molecule has 1 aromatic heterocycles. The molecule has 0 atom stereocenters. The van der Waals surface area contributed by atoms with Crippen molar-refractivity contribution < 1.29 is 26.7 Å². The number of halogens is 5. The van der Waals surface area contributed by atoms with Crippen LogP contribution in [0.25, 0.3) is 5.69 Å². The first-order valence-electron chi connectivity index (χ1n) is 7.25. The van der Waals surface area contributed by atoms with Gasteiger partial charge in [0.25, 0.3) is 5.91 Å². The molecule has 4 nitrogen and oxygen atoms in total. The lowest BCUT2D eigenvalue weighted by molar-refractivity contribution is -0.137. The van der Waals surface area contributed by atoms with Gasteiger partial charge in [0.05, 0.1) is 17.3 Å². The van der Waals surface area contributed by atoms with E-state index < -0.39 is 34.8 Å². The molecule has 3 rings (SSSR count). The van der Waals surface area contributed by atoms with Crippen molar-refractivity contribution in [3.05, 3.63) is 77.5 Å². The highest BCUT2D eigenvalue weighted by Gasteiger charge is 2.35. The maximum absolute atomic E-state index is 13.9. The van der Waals surface area contributed by atoms with Gasteiger partial charge in [-0.15, -0.1) is 0 Å². The summed E-state index contributed by atoms with van der Waals surface area (Å²) in [4.78, 5) is 12.3. The van der Waals surface area contributed by atoms with Gasteiger partial charge in [-0.05, 0) is 24.3 Å². The summed E-state index contributed by atoms with van der Waals surface area (Å²) in [6.45, 7) is 0. The SMILES string of the molecule is O=C(Nc1ccnn1-c1cccc(F)c1F)c1ccccc1C(F)(F)F. The average Bonchev–Trinajstić information content (AvgIpc) is 3.04. The van der Waals surface area contributed by atoms with Gasteiger partial charge >= 0.3 is 6.18 Å². The molecule has 1 N–H and O–H groups in total. The number of amides is 1. The zero-order valence-electron chi connectivity index (χ0n) is 12.9. The molecule has 26 heavy (non-hydrogen) atoms. The molecule has 0 bridgehead atoms. The molecule has 1 heterocycles. The van der Waals surface area contributed by atoms with Gasteiger partial charge in [-0.25, -0.2) is 13.5 Å². The summed E-state index contributed by atoms with van der Waals surface area (Å²) in [7, 11) is 0. The topological polar surface area (TPSA) is 46.9 Å². The summed E-state index contributed by atoms with van der Waals surface area (Å²) < 4.78 is 67.3. The highest BCUT2D eigenvalue weighted by atomic mass is 19.4. The lowest BCUT2D eigenvalue weighted by Gasteiger charge is -2.13. The first-order chi connectivity index (χ1) is 12.3. The molecule has 9 heteroatoms. The molecule has 0 aliphatic rings. The Balaban J connectivity index is 1.96. The summed E-state index contributed by atoms with van der Waals surface area (Å²) in [5.74, 6) is -3.51. The number of hydrogen-bond donors (Lipinski definition) is 1. The van der Waals surface area contributed by atoms with Gasteiger partial charge < -0.3 is 5.32 Å². The van der Waals surface area contributed by atoms with E-state index in [4.69, 9.17) is 0 Å². The smallest absolute Gasteiger partial charge is 0.306 e. The quantitative estimate of drug-likeness (QED) is 0.697. The molecule has 0 aliphatic heterocycles. The van der Waals surface area contributed by atoms with Crippen LogP contribution in [0.5, 0.6) is 0 Å².